The van der Waals surface area contributed by atoms with Crippen molar-refractivity contribution in [3.05, 3.63) is 40.3 Å². The van der Waals surface area contributed by atoms with E-state index in [-0.39, 0.29) is 0 Å². The maximum absolute atomic E-state index is 12.8. The fourth-order valence-corrected chi connectivity index (χ4v) is 3.81. The van der Waals surface area contributed by atoms with Gasteiger partial charge in [-0.1, -0.05) is 64.3 Å². The smallest absolute Gasteiger partial charge is 0.166 e. The monoisotopic (exact) mass is 358 g/mol. The summed E-state index contributed by atoms with van der Waals surface area (Å²) < 4.78 is 38.4. The third-order valence-corrected chi connectivity index (χ3v) is 5.59. The van der Waals surface area contributed by atoms with Crippen LogP contribution >= 0.6 is 11.8 Å². The first-order chi connectivity index (χ1) is 11.3. The molecule has 0 fully saturated rings. The minimum Gasteiger partial charge on any atom is -0.166 e. The van der Waals surface area contributed by atoms with E-state index in [4.69, 9.17) is 0 Å². The van der Waals surface area contributed by atoms with E-state index >= 15 is 0 Å². The van der Waals surface area contributed by atoms with Crippen LogP contribution in [0, 0.1) is 12.8 Å². The summed E-state index contributed by atoms with van der Waals surface area (Å²) in [6, 6.07) is 4.04. The minimum atomic E-state index is -4.28. The molecule has 0 radical (unpaired) electrons. The van der Waals surface area contributed by atoms with Crippen molar-refractivity contribution in [1.82, 2.24) is 0 Å². The third-order valence-electron chi connectivity index (χ3n) is 4.11. The summed E-state index contributed by atoms with van der Waals surface area (Å²) in [4.78, 5) is 2.19. The Hall–Kier alpha value is -0.900. The lowest BCUT2D eigenvalue weighted by Crippen LogP contribution is -2.05. The van der Waals surface area contributed by atoms with Gasteiger partial charge in [0.25, 0.3) is 0 Å². The second-order valence-electron chi connectivity index (χ2n) is 6.35. The molecule has 0 nitrogen and oxygen atoms in total. The predicted molar refractivity (Wildman–Crippen MR) is 98.3 cm³/mol. The van der Waals surface area contributed by atoms with Gasteiger partial charge in [0.2, 0.25) is 0 Å². The molecule has 0 aliphatic heterocycles. The molecule has 4 heteroatoms. The topological polar surface area (TPSA) is 0 Å². The highest BCUT2D eigenvalue weighted by Crippen LogP contribution is 2.38. The van der Waals surface area contributed by atoms with E-state index in [9.17, 15) is 13.2 Å². The lowest BCUT2D eigenvalue weighted by atomic mass is 10.0. The number of unbranched alkanes of at least 4 members (excludes halogenated alkanes) is 3. The molecule has 1 unspecified atom stereocenters. The standard InChI is InChI=1S/C20H29F3S/c1-5-7-8-9-11-15(3)18(10-6-2)24-19-13-12-17(14-16(19)4)20(21,22)23/h10,12-15H,5-9,11H2,1-4H3/b18-10+. The molecule has 0 aliphatic rings. The molecule has 136 valence electrons. The summed E-state index contributed by atoms with van der Waals surface area (Å²) in [5, 5.41) is 0. The summed E-state index contributed by atoms with van der Waals surface area (Å²) in [6.07, 6.45) is 4.98. The minimum absolute atomic E-state index is 0.452. The van der Waals surface area contributed by atoms with E-state index in [0.29, 0.717) is 11.5 Å². The van der Waals surface area contributed by atoms with Crippen molar-refractivity contribution in [3.63, 3.8) is 0 Å². The van der Waals surface area contributed by atoms with Crippen molar-refractivity contribution in [2.45, 2.75) is 77.3 Å². The van der Waals surface area contributed by atoms with Gasteiger partial charge in [0.1, 0.15) is 0 Å². The Bertz CT molecular complexity index is 532. The zero-order valence-electron chi connectivity index (χ0n) is 15.2. The van der Waals surface area contributed by atoms with E-state index in [0.717, 1.165) is 17.7 Å². The Balaban J connectivity index is 2.80. The highest BCUT2D eigenvalue weighted by molar-refractivity contribution is 8.03. The maximum atomic E-state index is 12.8. The fraction of sp³-hybridized carbons (Fsp3) is 0.600. The van der Waals surface area contributed by atoms with Crippen LogP contribution in [0.2, 0.25) is 0 Å². The van der Waals surface area contributed by atoms with Gasteiger partial charge in [-0.15, -0.1) is 0 Å². The van der Waals surface area contributed by atoms with Gasteiger partial charge in [-0.3, -0.25) is 0 Å². The predicted octanol–water partition coefficient (Wildman–Crippen LogP) is 8.01. The molecule has 0 bridgehead atoms. The highest BCUT2D eigenvalue weighted by atomic mass is 32.2. The van der Waals surface area contributed by atoms with Gasteiger partial charge < -0.3 is 0 Å². The van der Waals surface area contributed by atoms with Crippen molar-refractivity contribution in [3.8, 4) is 0 Å². The first-order valence-corrected chi connectivity index (χ1v) is 9.67. The van der Waals surface area contributed by atoms with Crippen LogP contribution in [-0.2, 0) is 6.18 Å². The molecule has 0 saturated carbocycles. The number of hydrogen-bond donors (Lipinski definition) is 0. The van der Waals surface area contributed by atoms with Gasteiger partial charge in [0, 0.05) is 4.90 Å². The van der Waals surface area contributed by atoms with Gasteiger partial charge in [0.05, 0.1) is 5.56 Å². The number of aryl methyl sites for hydroxylation is 1. The van der Waals surface area contributed by atoms with E-state index < -0.39 is 11.7 Å². The molecule has 0 spiro atoms. The molecule has 0 N–H and O–H groups in total. The van der Waals surface area contributed by atoms with Crippen LogP contribution in [-0.4, -0.2) is 0 Å². The first-order valence-electron chi connectivity index (χ1n) is 8.85. The van der Waals surface area contributed by atoms with Crippen LogP contribution in [0.5, 0.6) is 0 Å². The molecule has 0 saturated heterocycles. The Morgan fingerprint density at radius 3 is 2.42 bits per heavy atom. The van der Waals surface area contributed by atoms with Crippen molar-refractivity contribution in [2.75, 3.05) is 0 Å². The number of alkyl halides is 3. The van der Waals surface area contributed by atoms with Crippen LogP contribution in [0.1, 0.15) is 70.4 Å². The number of allylic oxidation sites excluding steroid dienone is 2. The molecular weight excluding hydrogens is 329 g/mol. The maximum Gasteiger partial charge on any atom is 0.416 e. The van der Waals surface area contributed by atoms with Gasteiger partial charge in [0.15, 0.2) is 0 Å². The van der Waals surface area contributed by atoms with E-state index in [1.54, 1.807) is 24.8 Å². The lowest BCUT2D eigenvalue weighted by Gasteiger charge is -2.18. The summed E-state index contributed by atoms with van der Waals surface area (Å²) in [6.45, 7) is 8.28. The average Bonchev–Trinajstić information content (AvgIpc) is 2.51. The van der Waals surface area contributed by atoms with Crippen LogP contribution in [0.25, 0.3) is 0 Å². The molecule has 0 heterocycles. The van der Waals surface area contributed by atoms with Crippen molar-refractivity contribution < 1.29 is 13.2 Å². The van der Waals surface area contributed by atoms with Crippen molar-refractivity contribution >= 4 is 11.8 Å². The van der Waals surface area contributed by atoms with Crippen LogP contribution in [0.15, 0.2) is 34.1 Å². The molecule has 1 atom stereocenters. The molecule has 24 heavy (non-hydrogen) atoms. The molecule has 0 aromatic heterocycles. The fourth-order valence-electron chi connectivity index (χ4n) is 2.63. The van der Waals surface area contributed by atoms with Crippen molar-refractivity contribution in [1.29, 1.82) is 0 Å². The number of halogens is 3. The van der Waals surface area contributed by atoms with Gasteiger partial charge in [-0.05, 0) is 54.4 Å². The van der Waals surface area contributed by atoms with Gasteiger partial charge in [-0.25, -0.2) is 0 Å². The van der Waals surface area contributed by atoms with E-state index in [1.807, 2.05) is 0 Å². The normalized spacial score (nSPS) is 14.0. The van der Waals surface area contributed by atoms with E-state index in [1.165, 1.54) is 42.7 Å². The summed E-state index contributed by atoms with van der Waals surface area (Å²) in [5.74, 6) is 0.452. The summed E-state index contributed by atoms with van der Waals surface area (Å²) in [7, 11) is 0. The number of hydrogen-bond acceptors (Lipinski definition) is 1. The number of benzene rings is 1. The largest absolute Gasteiger partial charge is 0.416 e. The Morgan fingerprint density at radius 2 is 1.88 bits per heavy atom. The first kappa shape index (κ1) is 21.1. The zero-order chi connectivity index (χ0) is 18.2. The SMILES string of the molecule is CC/C=C(/Sc1ccc(C(F)(F)F)cc1C)C(C)CCCCCC. The van der Waals surface area contributed by atoms with Crippen LogP contribution < -0.4 is 0 Å². The van der Waals surface area contributed by atoms with Crippen LogP contribution in [0.4, 0.5) is 13.2 Å². The molecule has 1 aromatic carbocycles. The Kier molecular flexibility index (Phi) is 8.96. The lowest BCUT2D eigenvalue weighted by molar-refractivity contribution is -0.137. The molecule has 1 rings (SSSR count). The van der Waals surface area contributed by atoms with E-state index in [2.05, 4.69) is 26.8 Å². The highest BCUT2D eigenvalue weighted by Gasteiger charge is 2.30. The Labute approximate surface area is 148 Å². The molecule has 0 amide bonds. The zero-order valence-corrected chi connectivity index (χ0v) is 16.0. The second-order valence-corrected chi connectivity index (χ2v) is 7.46. The molecule has 0 aliphatic carbocycles. The summed E-state index contributed by atoms with van der Waals surface area (Å²) >= 11 is 1.62. The third kappa shape index (κ3) is 6.92. The summed E-state index contributed by atoms with van der Waals surface area (Å²) in [5.41, 5.74) is 0.119. The number of thioether (sulfide) groups is 1. The van der Waals surface area contributed by atoms with Crippen molar-refractivity contribution in [2.24, 2.45) is 5.92 Å². The molecule has 1 aromatic rings. The van der Waals surface area contributed by atoms with Crippen LogP contribution in [0.3, 0.4) is 0 Å². The Morgan fingerprint density at radius 1 is 1.17 bits per heavy atom. The van der Waals surface area contributed by atoms with Gasteiger partial charge in [-0.2, -0.15) is 13.2 Å². The average molecular weight is 359 g/mol. The van der Waals surface area contributed by atoms with Gasteiger partial charge >= 0.3 is 6.18 Å². The molecular formula is C20H29F3S. The second kappa shape index (κ2) is 10.2. The quantitative estimate of drug-likeness (QED) is 0.318. The number of rotatable bonds is 9.